The molecule has 0 bridgehead atoms. The number of rotatable bonds is 5. The molecule has 3 rings (SSSR count). The smallest absolute Gasteiger partial charge is 0.289 e. The summed E-state index contributed by atoms with van der Waals surface area (Å²) in [5, 5.41) is 18.5. The van der Waals surface area contributed by atoms with Crippen LogP contribution in [-0.4, -0.2) is 19.7 Å². The molecule has 7 nitrogen and oxygen atoms in total. The van der Waals surface area contributed by atoms with Gasteiger partial charge in [0.25, 0.3) is 5.69 Å². The molecule has 1 aromatic carbocycles. The Kier molecular flexibility index (Phi) is 4.43. The number of para-hydroxylation sites is 1. The fourth-order valence-electron chi connectivity index (χ4n) is 2.27. The predicted molar refractivity (Wildman–Crippen MR) is 91.5 cm³/mol. The summed E-state index contributed by atoms with van der Waals surface area (Å²) in [5.74, 6) is 0.397. The number of nitrogens with one attached hydrogen (secondary N) is 1. The molecular weight excluding hydrogens is 330 g/mol. The van der Waals surface area contributed by atoms with Crippen LogP contribution in [0.25, 0.3) is 5.69 Å². The summed E-state index contributed by atoms with van der Waals surface area (Å²) in [6.45, 7) is 2.39. The van der Waals surface area contributed by atoms with Gasteiger partial charge in [-0.3, -0.25) is 10.1 Å². The molecule has 122 valence electrons. The van der Waals surface area contributed by atoms with Gasteiger partial charge in [-0.25, -0.2) is 9.67 Å². The van der Waals surface area contributed by atoms with Gasteiger partial charge in [-0.15, -0.1) is 0 Å². The molecular formula is C16H14ClN5O2. The summed E-state index contributed by atoms with van der Waals surface area (Å²) in [6.07, 6.45) is 3.07. The lowest BCUT2D eigenvalue weighted by Crippen LogP contribution is -2.07. The first-order valence-electron chi connectivity index (χ1n) is 7.19. The topological polar surface area (TPSA) is 85.9 Å². The quantitative estimate of drug-likeness (QED) is 0.563. The molecule has 24 heavy (non-hydrogen) atoms. The van der Waals surface area contributed by atoms with Gasteiger partial charge in [-0.1, -0.05) is 29.8 Å². The number of aryl methyl sites for hydroxylation is 1. The third kappa shape index (κ3) is 3.36. The number of nitro groups is 1. The first-order valence-corrected chi connectivity index (χ1v) is 7.57. The molecule has 0 radical (unpaired) electrons. The van der Waals surface area contributed by atoms with Gasteiger partial charge in [0.15, 0.2) is 0 Å². The van der Waals surface area contributed by atoms with Crippen LogP contribution >= 0.6 is 11.6 Å². The summed E-state index contributed by atoms with van der Waals surface area (Å²) < 4.78 is 1.80. The second-order valence-electron chi connectivity index (χ2n) is 5.17. The SMILES string of the molecule is Cc1ccn(-c2ccccc2CNc2ncc([N+](=O)[O-])cc2Cl)n1. The molecule has 0 atom stereocenters. The summed E-state index contributed by atoms with van der Waals surface area (Å²) in [5.41, 5.74) is 2.73. The van der Waals surface area contributed by atoms with Gasteiger partial charge in [-0.05, 0) is 24.6 Å². The maximum Gasteiger partial charge on any atom is 0.289 e. The maximum absolute atomic E-state index is 10.7. The van der Waals surface area contributed by atoms with E-state index in [1.165, 1.54) is 12.3 Å². The minimum Gasteiger partial charge on any atom is -0.365 e. The minimum absolute atomic E-state index is 0.141. The van der Waals surface area contributed by atoms with Crippen LogP contribution in [0, 0.1) is 17.0 Å². The number of halogens is 1. The van der Waals surface area contributed by atoms with Gasteiger partial charge in [0, 0.05) is 18.8 Å². The van der Waals surface area contributed by atoms with E-state index in [4.69, 9.17) is 11.6 Å². The van der Waals surface area contributed by atoms with Gasteiger partial charge >= 0.3 is 0 Å². The van der Waals surface area contributed by atoms with Crippen molar-refractivity contribution < 1.29 is 4.92 Å². The Hall–Kier alpha value is -2.93. The lowest BCUT2D eigenvalue weighted by molar-refractivity contribution is -0.385. The third-order valence-corrected chi connectivity index (χ3v) is 3.73. The number of aromatic nitrogens is 3. The number of nitrogens with zero attached hydrogens (tertiary/aromatic N) is 4. The molecule has 0 unspecified atom stereocenters. The van der Waals surface area contributed by atoms with E-state index in [-0.39, 0.29) is 10.7 Å². The third-order valence-electron chi connectivity index (χ3n) is 3.44. The first-order chi connectivity index (χ1) is 11.5. The molecule has 0 fully saturated rings. The zero-order valence-electron chi connectivity index (χ0n) is 12.8. The largest absolute Gasteiger partial charge is 0.365 e. The van der Waals surface area contributed by atoms with Crippen LogP contribution in [0.5, 0.6) is 0 Å². The van der Waals surface area contributed by atoms with E-state index in [0.29, 0.717) is 12.4 Å². The highest BCUT2D eigenvalue weighted by molar-refractivity contribution is 6.33. The number of anilines is 1. The van der Waals surface area contributed by atoms with Crippen molar-refractivity contribution >= 4 is 23.1 Å². The summed E-state index contributed by atoms with van der Waals surface area (Å²) in [4.78, 5) is 14.2. The van der Waals surface area contributed by atoms with Gasteiger partial charge in [0.2, 0.25) is 0 Å². The van der Waals surface area contributed by atoms with E-state index in [1.54, 1.807) is 4.68 Å². The van der Waals surface area contributed by atoms with Gasteiger partial charge < -0.3 is 5.32 Å². The number of pyridine rings is 1. The lowest BCUT2D eigenvalue weighted by Gasteiger charge is -2.11. The van der Waals surface area contributed by atoms with Crippen molar-refractivity contribution in [3.63, 3.8) is 0 Å². The van der Waals surface area contributed by atoms with Crippen molar-refractivity contribution in [1.82, 2.24) is 14.8 Å². The molecule has 2 aromatic heterocycles. The van der Waals surface area contributed by atoms with Crippen LogP contribution in [0.2, 0.25) is 5.02 Å². The molecule has 1 N–H and O–H groups in total. The standard InChI is InChI=1S/C16H14ClN5O2/c1-11-6-7-21(20-11)15-5-3-2-4-12(15)9-18-16-14(17)8-13(10-19-16)22(23)24/h2-8,10H,9H2,1H3,(H,18,19). The second-order valence-corrected chi connectivity index (χ2v) is 5.57. The minimum atomic E-state index is -0.530. The average molecular weight is 344 g/mol. The van der Waals surface area contributed by atoms with Crippen LogP contribution in [0.1, 0.15) is 11.3 Å². The normalized spacial score (nSPS) is 10.6. The van der Waals surface area contributed by atoms with Gasteiger partial charge in [-0.2, -0.15) is 5.10 Å². The number of hydrogen-bond acceptors (Lipinski definition) is 5. The number of hydrogen-bond donors (Lipinski definition) is 1. The molecule has 2 heterocycles. The molecule has 0 saturated carbocycles. The highest BCUT2D eigenvalue weighted by atomic mass is 35.5. The van der Waals surface area contributed by atoms with E-state index >= 15 is 0 Å². The van der Waals surface area contributed by atoms with E-state index < -0.39 is 4.92 Å². The number of benzene rings is 1. The highest BCUT2D eigenvalue weighted by Gasteiger charge is 2.11. The summed E-state index contributed by atoms with van der Waals surface area (Å²) >= 11 is 6.05. The van der Waals surface area contributed by atoms with Gasteiger partial charge in [0.05, 0.1) is 21.3 Å². The van der Waals surface area contributed by atoms with Crippen molar-refractivity contribution in [3.05, 3.63) is 75.2 Å². The molecule has 0 aliphatic heterocycles. The van der Waals surface area contributed by atoms with Crippen molar-refractivity contribution in [2.75, 3.05) is 5.32 Å². The van der Waals surface area contributed by atoms with Gasteiger partial charge in [0.1, 0.15) is 12.0 Å². The summed E-state index contributed by atoms with van der Waals surface area (Å²) in [7, 11) is 0. The van der Waals surface area contributed by atoms with Crippen molar-refractivity contribution in [2.24, 2.45) is 0 Å². The molecule has 0 amide bonds. The van der Waals surface area contributed by atoms with E-state index in [9.17, 15) is 10.1 Å². The Morgan fingerprint density at radius 1 is 1.33 bits per heavy atom. The van der Waals surface area contributed by atoms with Crippen molar-refractivity contribution in [1.29, 1.82) is 0 Å². The fourth-order valence-corrected chi connectivity index (χ4v) is 2.50. The zero-order valence-corrected chi connectivity index (χ0v) is 13.6. The molecule has 0 saturated heterocycles. The van der Waals surface area contributed by atoms with Crippen LogP contribution in [0.15, 0.2) is 48.8 Å². The molecule has 0 aliphatic carbocycles. The molecule has 3 aromatic rings. The second kappa shape index (κ2) is 6.67. The maximum atomic E-state index is 10.7. The summed E-state index contributed by atoms with van der Waals surface area (Å²) in [6, 6.07) is 11.0. The molecule has 0 spiro atoms. The monoisotopic (exact) mass is 343 g/mol. The van der Waals surface area contributed by atoms with Crippen molar-refractivity contribution in [2.45, 2.75) is 13.5 Å². The Morgan fingerprint density at radius 2 is 2.12 bits per heavy atom. The average Bonchev–Trinajstić information content (AvgIpc) is 3.00. The van der Waals surface area contributed by atoms with E-state index in [0.717, 1.165) is 16.9 Å². The molecule has 8 heteroatoms. The first kappa shape index (κ1) is 15.9. The Balaban J connectivity index is 1.82. The van der Waals surface area contributed by atoms with Crippen LogP contribution < -0.4 is 5.32 Å². The lowest BCUT2D eigenvalue weighted by atomic mass is 10.2. The van der Waals surface area contributed by atoms with Crippen LogP contribution in [-0.2, 0) is 6.54 Å². The Bertz CT molecular complexity index is 894. The Labute approximate surface area is 143 Å². The van der Waals surface area contributed by atoms with Crippen LogP contribution in [0.3, 0.4) is 0 Å². The van der Waals surface area contributed by atoms with E-state index in [1.807, 2.05) is 43.5 Å². The fraction of sp³-hybridized carbons (Fsp3) is 0.125. The predicted octanol–water partition coefficient (Wildman–Crippen LogP) is 3.75. The van der Waals surface area contributed by atoms with E-state index in [2.05, 4.69) is 15.4 Å². The Morgan fingerprint density at radius 3 is 2.79 bits per heavy atom. The van der Waals surface area contributed by atoms with Crippen molar-refractivity contribution in [3.8, 4) is 5.69 Å². The highest BCUT2D eigenvalue weighted by Crippen LogP contribution is 2.25. The van der Waals surface area contributed by atoms with Crippen LogP contribution in [0.4, 0.5) is 11.5 Å². The molecule has 0 aliphatic rings. The zero-order chi connectivity index (χ0) is 17.1.